The molecular weight excluding hydrogens is 184 g/mol. The summed E-state index contributed by atoms with van der Waals surface area (Å²) < 4.78 is 55.5. The fourth-order valence-electron chi connectivity index (χ4n) is 0.658. The van der Waals surface area contributed by atoms with Gasteiger partial charge < -0.3 is 9.47 Å². The van der Waals surface area contributed by atoms with Crippen LogP contribution in [0.4, 0.5) is 22.4 Å². The first-order valence-electron chi connectivity index (χ1n) is 2.94. The molecule has 1 heterocycles. The summed E-state index contributed by atoms with van der Waals surface area (Å²) in [6.45, 7) is -0.837. The third-order valence-electron chi connectivity index (χ3n) is 1.31. The Bertz CT molecular complexity index is 193. The van der Waals surface area contributed by atoms with Gasteiger partial charge in [-0.3, -0.25) is 0 Å². The Labute approximate surface area is 64.2 Å². The second-order valence-electron chi connectivity index (χ2n) is 2.14. The highest BCUT2D eigenvalue weighted by Gasteiger charge is 2.54. The summed E-state index contributed by atoms with van der Waals surface area (Å²) in [5.74, 6) is -4.34. The standard InChI is InChI=1S/C5H4F4O3/c6-3(7)5(8,9)2-1-11-4(10)12-2/h2-3H,1H2. The predicted octanol–water partition coefficient (Wildman–Crippen LogP) is 1.42. The van der Waals surface area contributed by atoms with E-state index in [2.05, 4.69) is 9.47 Å². The molecule has 0 N–H and O–H groups in total. The van der Waals surface area contributed by atoms with Gasteiger partial charge in [0.2, 0.25) is 6.10 Å². The molecule has 0 bridgehead atoms. The molecule has 0 amide bonds. The topological polar surface area (TPSA) is 35.5 Å². The molecule has 12 heavy (non-hydrogen) atoms. The Morgan fingerprint density at radius 1 is 1.50 bits per heavy atom. The Morgan fingerprint density at radius 3 is 2.42 bits per heavy atom. The summed E-state index contributed by atoms with van der Waals surface area (Å²) in [4.78, 5) is 10.1. The molecule has 0 radical (unpaired) electrons. The summed E-state index contributed by atoms with van der Waals surface area (Å²) in [6.07, 6.45) is -7.39. The molecule has 1 atom stereocenters. The molecule has 1 aliphatic heterocycles. The third kappa shape index (κ3) is 1.44. The van der Waals surface area contributed by atoms with Gasteiger partial charge in [-0.15, -0.1) is 0 Å². The number of rotatable bonds is 2. The molecule has 1 rings (SSSR count). The van der Waals surface area contributed by atoms with Gasteiger partial charge in [-0.2, -0.15) is 8.78 Å². The molecular formula is C5H4F4O3. The lowest BCUT2D eigenvalue weighted by Gasteiger charge is -2.18. The van der Waals surface area contributed by atoms with E-state index in [0.29, 0.717) is 0 Å². The van der Waals surface area contributed by atoms with Crippen LogP contribution in [0.1, 0.15) is 0 Å². The molecule has 1 aliphatic rings. The lowest BCUT2D eigenvalue weighted by atomic mass is 10.2. The van der Waals surface area contributed by atoms with Crippen LogP contribution in [0.25, 0.3) is 0 Å². The number of halogens is 4. The number of carbonyl (C=O) groups excluding carboxylic acids is 1. The number of carbonyl (C=O) groups is 1. The molecule has 7 heteroatoms. The van der Waals surface area contributed by atoms with E-state index < -0.39 is 31.2 Å². The summed E-state index contributed by atoms with van der Waals surface area (Å²) in [5, 5.41) is 0. The highest BCUT2D eigenvalue weighted by molar-refractivity contribution is 5.62. The second-order valence-corrected chi connectivity index (χ2v) is 2.14. The highest BCUT2D eigenvalue weighted by Crippen LogP contribution is 2.31. The Balaban J connectivity index is 2.63. The van der Waals surface area contributed by atoms with Crippen LogP contribution in [-0.4, -0.2) is 31.2 Å². The van der Waals surface area contributed by atoms with Crippen molar-refractivity contribution in [2.45, 2.75) is 18.5 Å². The van der Waals surface area contributed by atoms with E-state index in [9.17, 15) is 22.4 Å². The predicted molar refractivity (Wildman–Crippen MR) is 27.2 cm³/mol. The van der Waals surface area contributed by atoms with E-state index in [0.717, 1.165) is 0 Å². The number of alkyl halides is 4. The molecule has 1 saturated heterocycles. The second kappa shape index (κ2) is 2.80. The SMILES string of the molecule is O=C1OCC(C(F)(F)C(F)F)O1. The van der Waals surface area contributed by atoms with Crippen molar-refractivity contribution in [1.82, 2.24) is 0 Å². The number of cyclic esters (lactones) is 2. The van der Waals surface area contributed by atoms with Gasteiger partial charge in [-0.1, -0.05) is 0 Å². The van der Waals surface area contributed by atoms with Crippen LogP contribution in [0.2, 0.25) is 0 Å². The van der Waals surface area contributed by atoms with E-state index >= 15 is 0 Å². The van der Waals surface area contributed by atoms with Crippen molar-refractivity contribution < 1.29 is 31.8 Å². The normalized spacial score (nSPS) is 24.1. The first kappa shape index (κ1) is 9.08. The van der Waals surface area contributed by atoms with Crippen LogP contribution >= 0.6 is 0 Å². The molecule has 0 aromatic carbocycles. The van der Waals surface area contributed by atoms with Crippen LogP contribution in [0, 0.1) is 0 Å². The molecule has 0 saturated carbocycles. The maximum Gasteiger partial charge on any atom is 0.509 e. The fourth-order valence-corrected chi connectivity index (χ4v) is 0.658. The van der Waals surface area contributed by atoms with Crippen LogP contribution in [0.5, 0.6) is 0 Å². The summed E-state index contributed by atoms with van der Waals surface area (Å²) in [7, 11) is 0. The number of hydrogen-bond acceptors (Lipinski definition) is 3. The molecule has 1 unspecified atom stereocenters. The third-order valence-corrected chi connectivity index (χ3v) is 1.31. The van der Waals surface area contributed by atoms with Crippen molar-refractivity contribution in [2.24, 2.45) is 0 Å². The van der Waals surface area contributed by atoms with Crippen molar-refractivity contribution in [3.05, 3.63) is 0 Å². The van der Waals surface area contributed by atoms with Crippen LogP contribution < -0.4 is 0 Å². The summed E-state index contributed by atoms with van der Waals surface area (Å²) in [6, 6.07) is 0. The molecule has 0 aliphatic carbocycles. The summed E-state index contributed by atoms with van der Waals surface area (Å²) in [5.41, 5.74) is 0. The minimum absolute atomic E-state index is 0.837. The zero-order valence-corrected chi connectivity index (χ0v) is 5.60. The van der Waals surface area contributed by atoms with Crippen molar-refractivity contribution in [2.75, 3.05) is 6.61 Å². The van der Waals surface area contributed by atoms with Gasteiger partial charge in [0.15, 0.2) is 0 Å². The average molecular weight is 188 g/mol. The molecule has 70 valence electrons. The van der Waals surface area contributed by atoms with Crippen LogP contribution in [0.15, 0.2) is 0 Å². The van der Waals surface area contributed by atoms with Gasteiger partial charge >= 0.3 is 18.5 Å². The first-order valence-corrected chi connectivity index (χ1v) is 2.94. The van der Waals surface area contributed by atoms with Gasteiger partial charge in [0.25, 0.3) is 0 Å². The van der Waals surface area contributed by atoms with Crippen molar-refractivity contribution in [1.29, 1.82) is 0 Å². The van der Waals surface area contributed by atoms with Gasteiger partial charge in [-0.25, -0.2) is 13.6 Å². The van der Waals surface area contributed by atoms with E-state index in [1.807, 2.05) is 0 Å². The van der Waals surface area contributed by atoms with Crippen molar-refractivity contribution >= 4 is 6.16 Å². The van der Waals surface area contributed by atoms with Gasteiger partial charge in [0.1, 0.15) is 6.61 Å². The van der Waals surface area contributed by atoms with E-state index in [1.165, 1.54) is 0 Å². The first-order chi connectivity index (χ1) is 5.44. The van der Waals surface area contributed by atoms with E-state index in [-0.39, 0.29) is 0 Å². The smallest absolute Gasteiger partial charge is 0.430 e. The van der Waals surface area contributed by atoms with Crippen LogP contribution in [0.3, 0.4) is 0 Å². The minimum Gasteiger partial charge on any atom is -0.430 e. The van der Waals surface area contributed by atoms with Crippen molar-refractivity contribution in [3.8, 4) is 0 Å². The largest absolute Gasteiger partial charge is 0.509 e. The molecule has 1 fully saturated rings. The lowest BCUT2D eigenvalue weighted by Crippen LogP contribution is -2.41. The number of ether oxygens (including phenoxy) is 2. The molecule has 0 aromatic rings. The van der Waals surface area contributed by atoms with E-state index in [4.69, 9.17) is 0 Å². The maximum atomic E-state index is 12.3. The summed E-state index contributed by atoms with van der Waals surface area (Å²) >= 11 is 0. The lowest BCUT2D eigenvalue weighted by molar-refractivity contribution is -0.181. The molecule has 3 nitrogen and oxygen atoms in total. The maximum absolute atomic E-state index is 12.3. The minimum atomic E-state index is -4.34. The van der Waals surface area contributed by atoms with Gasteiger partial charge in [0.05, 0.1) is 0 Å². The average Bonchev–Trinajstić information content (AvgIpc) is 2.35. The van der Waals surface area contributed by atoms with Crippen LogP contribution in [-0.2, 0) is 9.47 Å². The Kier molecular flexibility index (Phi) is 2.12. The fraction of sp³-hybridized carbons (Fsp3) is 0.800. The number of hydrogen-bond donors (Lipinski definition) is 0. The molecule has 0 spiro atoms. The Morgan fingerprint density at radius 2 is 2.08 bits per heavy atom. The highest BCUT2D eigenvalue weighted by atomic mass is 19.3. The van der Waals surface area contributed by atoms with E-state index in [1.54, 1.807) is 0 Å². The molecule has 0 aromatic heterocycles. The van der Waals surface area contributed by atoms with Crippen molar-refractivity contribution in [3.63, 3.8) is 0 Å². The van der Waals surface area contributed by atoms with Gasteiger partial charge in [-0.05, 0) is 0 Å². The van der Waals surface area contributed by atoms with Gasteiger partial charge in [0, 0.05) is 0 Å². The monoisotopic (exact) mass is 188 g/mol. The zero-order chi connectivity index (χ0) is 9.35. The Hall–Kier alpha value is -1.01. The quantitative estimate of drug-likeness (QED) is 0.485. The zero-order valence-electron chi connectivity index (χ0n) is 5.60.